The molecule has 0 saturated heterocycles. The van der Waals surface area contributed by atoms with Gasteiger partial charge in [0.05, 0.1) is 0 Å². The minimum Gasteiger partial charge on any atom is -0.0667 e. The molecular formula is C11H19. The Morgan fingerprint density at radius 1 is 1.18 bits per heavy atom. The molecule has 1 radical (unpaired) electrons. The predicted molar refractivity (Wildman–Crippen MR) is 49.4 cm³/mol. The van der Waals surface area contributed by atoms with Gasteiger partial charge < -0.3 is 0 Å². The highest BCUT2D eigenvalue weighted by Gasteiger charge is 2.03. The Morgan fingerprint density at radius 2 is 1.91 bits per heavy atom. The van der Waals surface area contributed by atoms with Gasteiger partial charge in [0.15, 0.2) is 0 Å². The third-order valence-electron chi connectivity index (χ3n) is 2.36. The summed E-state index contributed by atoms with van der Waals surface area (Å²) >= 11 is 0. The van der Waals surface area contributed by atoms with Crippen LogP contribution < -0.4 is 0 Å². The van der Waals surface area contributed by atoms with Crippen LogP contribution in [-0.2, 0) is 0 Å². The van der Waals surface area contributed by atoms with E-state index in [2.05, 4.69) is 13.0 Å². The lowest BCUT2D eigenvalue weighted by Crippen LogP contribution is -1.93. The Morgan fingerprint density at radius 3 is 2.55 bits per heavy atom. The molecule has 0 amide bonds. The van der Waals surface area contributed by atoms with Crippen LogP contribution in [0.15, 0.2) is 5.57 Å². The highest BCUT2D eigenvalue weighted by atomic mass is 14.1. The maximum absolute atomic E-state index is 3.54. The standard InChI is InChI=1S/C11H19/c1-2-3-5-8-11-9-6-4-7-10-11/h2-7,9-10H2,1H3. The van der Waals surface area contributed by atoms with Crippen LogP contribution in [0, 0.1) is 6.08 Å². The van der Waals surface area contributed by atoms with Gasteiger partial charge in [-0.25, -0.2) is 0 Å². The lowest BCUT2D eigenvalue weighted by molar-refractivity contribution is 0.591. The zero-order valence-electron chi connectivity index (χ0n) is 7.66. The topological polar surface area (TPSA) is 0 Å². The minimum absolute atomic E-state index is 1.20. The molecule has 0 aliphatic heterocycles. The minimum atomic E-state index is 1.20. The quantitative estimate of drug-likeness (QED) is 0.537. The Bertz CT molecular complexity index is 114. The van der Waals surface area contributed by atoms with E-state index in [4.69, 9.17) is 0 Å². The van der Waals surface area contributed by atoms with Crippen LogP contribution in [0.1, 0.15) is 58.3 Å². The van der Waals surface area contributed by atoms with Crippen molar-refractivity contribution in [1.82, 2.24) is 0 Å². The molecule has 11 heavy (non-hydrogen) atoms. The average Bonchev–Trinajstić information content (AvgIpc) is 2.07. The van der Waals surface area contributed by atoms with Gasteiger partial charge >= 0.3 is 0 Å². The fourth-order valence-corrected chi connectivity index (χ4v) is 1.60. The molecule has 0 aromatic heterocycles. The van der Waals surface area contributed by atoms with E-state index in [0.29, 0.717) is 0 Å². The number of unbranched alkanes of at least 4 members (excludes halogenated alkanes) is 2. The van der Waals surface area contributed by atoms with E-state index in [1.807, 2.05) is 0 Å². The number of hydrogen-bond acceptors (Lipinski definition) is 0. The Kier molecular flexibility index (Phi) is 4.33. The summed E-state index contributed by atoms with van der Waals surface area (Å²) in [6, 6.07) is 0. The first kappa shape index (κ1) is 8.83. The van der Waals surface area contributed by atoms with E-state index in [9.17, 15) is 0 Å². The van der Waals surface area contributed by atoms with Crippen molar-refractivity contribution in [1.29, 1.82) is 0 Å². The van der Waals surface area contributed by atoms with Gasteiger partial charge in [0, 0.05) is 0 Å². The van der Waals surface area contributed by atoms with E-state index in [1.54, 1.807) is 5.57 Å². The first-order valence-corrected chi connectivity index (χ1v) is 5.02. The van der Waals surface area contributed by atoms with Crippen LogP contribution >= 0.6 is 0 Å². The molecule has 1 saturated carbocycles. The van der Waals surface area contributed by atoms with E-state index in [-0.39, 0.29) is 0 Å². The summed E-state index contributed by atoms with van der Waals surface area (Å²) < 4.78 is 0. The van der Waals surface area contributed by atoms with Crippen molar-refractivity contribution in [3.05, 3.63) is 11.6 Å². The monoisotopic (exact) mass is 151 g/mol. The molecule has 1 fully saturated rings. The first-order valence-electron chi connectivity index (χ1n) is 5.02. The third-order valence-corrected chi connectivity index (χ3v) is 2.36. The fraction of sp³-hybridized carbons (Fsp3) is 0.818. The van der Waals surface area contributed by atoms with Crippen LogP contribution in [0.3, 0.4) is 0 Å². The molecule has 0 bridgehead atoms. The van der Waals surface area contributed by atoms with Crippen molar-refractivity contribution >= 4 is 0 Å². The summed E-state index contributed by atoms with van der Waals surface area (Å²) in [6.07, 6.45) is 14.3. The summed E-state index contributed by atoms with van der Waals surface area (Å²) in [5, 5.41) is 0. The number of allylic oxidation sites excluding steroid dienone is 2. The second kappa shape index (κ2) is 5.40. The molecule has 0 heterocycles. The van der Waals surface area contributed by atoms with Gasteiger partial charge in [-0.3, -0.25) is 0 Å². The van der Waals surface area contributed by atoms with Crippen molar-refractivity contribution in [2.24, 2.45) is 0 Å². The molecular weight excluding hydrogens is 132 g/mol. The summed E-state index contributed by atoms with van der Waals surface area (Å²) in [6.45, 7) is 2.24. The third kappa shape index (κ3) is 3.60. The fourth-order valence-electron chi connectivity index (χ4n) is 1.60. The summed E-state index contributed by atoms with van der Waals surface area (Å²) in [4.78, 5) is 0. The van der Waals surface area contributed by atoms with Gasteiger partial charge in [0.25, 0.3) is 0 Å². The molecule has 0 spiro atoms. The van der Waals surface area contributed by atoms with Crippen molar-refractivity contribution in [3.8, 4) is 0 Å². The summed E-state index contributed by atoms with van der Waals surface area (Å²) in [5.74, 6) is 0. The van der Waals surface area contributed by atoms with E-state index in [0.717, 1.165) is 0 Å². The van der Waals surface area contributed by atoms with Gasteiger partial charge in [0.1, 0.15) is 0 Å². The van der Waals surface area contributed by atoms with Crippen LogP contribution in [0.5, 0.6) is 0 Å². The van der Waals surface area contributed by atoms with Gasteiger partial charge in [0.2, 0.25) is 0 Å². The lowest BCUT2D eigenvalue weighted by Gasteiger charge is -2.12. The molecule has 1 aliphatic carbocycles. The molecule has 0 atom stereocenters. The highest BCUT2D eigenvalue weighted by Crippen LogP contribution is 2.22. The van der Waals surface area contributed by atoms with Gasteiger partial charge in [-0.2, -0.15) is 0 Å². The first-order chi connectivity index (χ1) is 5.43. The maximum Gasteiger partial charge on any atom is -0.0277 e. The van der Waals surface area contributed by atoms with Gasteiger partial charge in [-0.1, -0.05) is 25.3 Å². The zero-order valence-corrected chi connectivity index (χ0v) is 7.66. The molecule has 0 aromatic rings. The van der Waals surface area contributed by atoms with Gasteiger partial charge in [-0.15, -0.1) is 0 Å². The van der Waals surface area contributed by atoms with E-state index >= 15 is 0 Å². The van der Waals surface area contributed by atoms with Gasteiger partial charge in [-0.05, 0) is 44.6 Å². The van der Waals surface area contributed by atoms with Crippen LogP contribution in [0.4, 0.5) is 0 Å². The van der Waals surface area contributed by atoms with E-state index in [1.165, 1.54) is 51.4 Å². The predicted octanol–water partition coefficient (Wildman–Crippen LogP) is 3.87. The zero-order chi connectivity index (χ0) is 7.94. The Hall–Kier alpha value is -0.260. The molecule has 0 aromatic carbocycles. The number of rotatable bonds is 3. The lowest BCUT2D eigenvalue weighted by atomic mass is 9.94. The second-order valence-electron chi connectivity index (χ2n) is 3.44. The molecule has 0 unspecified atom stereocenters. The molecule has 0 nitrogen and oxygen atoms in total. The van der Waals surface area contributed by atoms with Crippen molar-refractivity contribution in [2.45, 2.75) is 58.3 Å². The van der Waals surface area contributed by atoms with Crippen molar-refractivity contribution in [3.63, 3.8) is 0 Å². The largest absolute Gasteiger partial charge is 0.0667 e. The van der Waals surface area contributed by atoms with Crippen LogP contribution in [0.2, 0.25) is 0 Å². The Labute approximate surface area is 70.7 Å². The normalized spacial score (nSPS) is 18.5. The molecule has 63 valence electrons. The van der Waals surface area contributed by atoms with Crippen LogP contribution in [0.25, 0.3) is 0 Å². The van der Waals surface area contributed by atoms with Crippen molar-refractivity contribution < 1.29 is 0 Å². The molecule has 1 rings (SSSR count). The smallest absolute Gasteiger partial charge is 0.0277 e. The highest BCUT2D eigenvalue weighted by molar-refractivity contribution is 4.99. The Balaban J connectivity index is 2.15. The molecule has 0 N–H and O–H groups in total. The maximum atomic E-state index is 3.54. The summed E-state index contributed by atoms with van der Waals surface area (Å²) in [5.41, 5.74) is 1.62. The molecule has 0 heteroatoms. The van der Waals surface area contributed by atoms with E-state index < -0.39 is 0 Å². The van der Waals surface area contributed by atoms with Crippen LogP contribution in [-0.4, -0.2) is 0 Å². The second-order valence-corrected chi connectivity index (χ2v) is 3.44. The number of hydrogen-bond donors (Lipinski definition) is 0. The molecule has 1 aliphatic rings. The van der Waals surface area contributed by atoms with Crippen molar-refractivity contribution in [2.75, 3.05) is 0 Å². The summed E-state index contributed by atoms with van der Waals surface area (Å²) in [7, 11) is 0. The SMILES string of the molecule is CCCC[C]=C1CCCCC1. The average molecular weight is 151 g/mol.